The van der Waals surface area contributed by atoms with Crippen molar-refractivity contribution in [3.8, 4) is 0 Å². The summed E-state index contributed by atoms with van der Waals surface area (Å²) >= 11 is 5.71. The average Bonchev–Trinajstić information content (AvgIpc) is 3.09. The zero-order chi connectivity index (χ0) is 13.2. The molecule has 0 aromatic carbocycles. The number of halogens is 1. The van der Waals surface area contributed by atoms with Crippen molar-refractivity contribution in [2.75, 3.05) is 26.2 Å². The van der Waals surface area contributed by atoms with Gasteiger partial charge in [-0.3, -0.25) is 9.69 Å². The summed E-state index contributed by atoms with van der Waals surface area (Å²) < 4.78 is 5.19. The summed E-state index contributed by atoms with van der Waals surface area (Å²) in [5, 5.41) is 0.271. The molecule has 2 fully saturated rings. The second-order valence-electron chi connectivity index (χ2n) is 5.37. The van der Waals surface area contributed by atoms with Gasteiger partial charge in [0.05, 0.1) is 0 Å². The predicted molar refractivity (Wildman–Crippen MR) is 73.5 cm³/mol. The molecule has 2 heterocycles. The molecule has 0 atom stereocenters. The molecule has 0 spiro atoms. The van der Waals surface area contributed by atoms with E-state index in [2.05, 4.69) is 4.90 Å². The molecule has 1 saturated heterocycles. The number of rotatable bonds is 2. The van der Waals surface area contributed by atoms with Crippen molar-refractivity contribution in [3.63, 3.8) is 0 Å². The first-order valence-electron chi connectivity index (χ1n) is 7.03. The van der Waals surface area contributed by atoms with Crippen molar-refractivity contribution in [1.82, 2.24) is 9.80 Å². The van der Waals surface area contributed by atoms with Crippen LogP contribution in [-0.4, -0.2) is 47.9 Å². The van der Waals surface area contributed by atoms with E-state index in [-0.39, 0.29) is 11.1 Å². The molecule has 1 aromatic heterocycles. The highest BCUT2D eigenvalue weighted by Gasteiger charge is 2.29. The molecule has 0 radical (unpaired) electrons. The second-order valence-corrected chi connectivity index (χ2v) is 5.74. The Morgan fingerprint density at radius 2 is 1.84 bits per heavy atom. The van der Waals surface area contributed by atoms with E-state index in [4.69, 9.17) is 16.0 Å². The number of hydrogen-bond donors (Lipinski definition) is 0. The monoisotopic (exact) mass is 282 g/mol. The Balaban J connectivity index is 1.56. The van der Waals surface area contributed by atoms with E-state index in [1.807, 2.05) is 4.90 Å². The Morgan fingerprint density at radius 1 is 1.16 bits per heavy atom. The summed E-state index contributed by atoms with van der Waals surface area (Å²) in [6.45, 7) is 3.52. The van der Waals surface area contributed by atoms with Crippen LogP contribution in [0.4, 0.5) is 0 Å². The van der Waals surface area contributed by atoms with E-state index < -0.39 is 0 Å². The molecule has 1 aromatic rings. The number of piperazine rings is 1. The first-order valence-corrected chi connectivity index (χ1v) is 7.40. The lowest BCUT2D eigenvalue weighted by Crippen LogP contribution is -2.51. The van der Waals surface area contributed by atoms with E-state index >= 15 is 0 Å². The maximum atomic E-state index is 12.2. The SMILES string of the molecule is O=C(c1ccc(Cl)o1)N1CCN(C2CCCC2)CC1. The third-order valence-corrected chi connectivity index (χ3v) is 4.43. The molecule has 0 bridgehead atoms. The molecule has 2 aliphatic rings. The molecule has 1 amide bonds. The minimum Gasteiger partial charge on any atom is -0.440 e. The highest BCUT2D eigenvalue weighted by molar-refractivity contribution is 6.29. The van der Waals surface area contributed by atoms with Crippen molar-refractivity contribution in [2.24, 2.45) is 0 Å². The molecule has 4 nitrogen and oxygen atoms in total. The lowest BCUT2D eigenvalue weighted by atomic mass is 10.2. The smallest absolute Gasteiger partial charge is 0.289 e. The van der Waals surface area contributed by atoms with E-state index in [1.54, 1.807) is 12.1 Å². The lowest BCUT2D eigenvalue weighted by molar-refractivity contribution is 0.0545. The maximum Gasteiger partial charge on any atom is 0.289 e. The lowest BCUT2D eigenvalue weighted by Gasteiger charge is -2.37. The number of hydrogen-bond acceptors (Lipinski definition) is 3. The van der Waals surface area contributed by atoms with Crippen LogP contribution < -0.4 is 0 Å². The summed E-state index contributed by atoms with van der Waals surface area (Å²) in [7, 11) is 0. The number of nitrogens with zero attached hydrogens (tertiary/aromatic N) is 2. The van der Waals surface area contributed by atoms with E-state index in [0.29, 0.717) is 5.76 Å². The molecule has 1 saturated carbocycles. The molecule has 0 unspecified atom stereocenters. The Kier molecular flexibility index (Phi) is 3.80. The van der Waals surface area contributed by atoms with Gasteiger partial charge in [0.1, 0.15) is 0 Å². The highest BCUT2D eigenvalue weighted by atomic mass is 35.5. The summed E-state index contributed by atoms with van der Waals surface area (Å²) in [6.07, 6.45) is 5.35. The molecule has 3 rings (SSSR count). The predicted octanol–water partition coefficient (Wildman–Crippen LogP) is 2.63. The normalized spacial score (nSPS) is 22.1. The zero-order valence-corrected chi connectivity index (χ0v) is 11.7. The standard InChI is InChI=1S/C14H19ClN2O2/c15-13-6-5-12(19-13)14(18)17-9-7-16(8-10-17)11-3-1-2-4-11/h5-6,11H,1-4,7-10H2. The first-order chi connectivity index (χ1) is 9.24. The van der Waals surface area contributed by atoms with Gasteiger partial charge in [0, 0.05) is 32.2 Å². The fraction of sp³-hybridized carbons (Fsp3) is 0.643. The minimum absolute atomic E-state index is 0.0435. The van der Waals surface area contributed by atoms with Gasteiger partial charge in [-0.25, -0.2) is 0 Å². The van der Waals surface area contributed by atoms with Crippen LogP contribution >= 0.6 is 11.6 Å². The molecule has 0 N–H and O–H groups in total. The van der Waals surface area contributed by atoms with Gasteiger partial charge in [-0.2, -0.15) is 0 Å². The quantitative estimate of drug-likeness (QED) is 0.837. The van der Waals surface area contributed by atoms with Crippen LogP contribution in [0.2, 0.25) is 5.22 Å². The molecule has 19 heavy (non-hydrogen) atoms. The van der Waals surface area contributed by atoms with E-state index in [1.165, 1.54) is 25.7 Å². The molecule has 104 valence electrons. The van der Waals surface area contributed by atoms with Gasteiger partial charge in [-0.1, -0.05) is 12.8 Å². The Labute approximate surface area is 118 Å². The Morgan fingerprint density at radius 3 is 2.42 bits per heavy atom. The third-order valence-electron chi connectivity index (χ3n) is 4.23. The zero-order valence-electron chi connectivity index (χ0n) is 11.0. The van der Waals surface area contributed by atoms with Crippen molar-refractivity contribution in [3.05, 3.63) is 23.1 Å². The van der Waals surface area contributed by atoms with Crippen LogP contribution in [0, 0.1) is 0 Å². The van der Waals surface area contributed by atoms with Crippen LogP contribution in [0.1, 0.15) is 36.2 Å². The van der Waals surface area contributed by atoms with E-state index in [0.717, 1.165) is 32.2 Å². The van der Waals surface area contributed by atoms with Crippen molar-refractivity contribution < 1.29 is 9.21 Å². The summed E-state index contributed by atoms with van der Waals surface area (Å²) in [5.74, 6) is 0.303. The fourth-order valence-corrected chi connectivity index (χ4v) is 3.29. The van der Waals surface area contributed by atoms with E-state index in [9.17, 15) is 4.79 Å². The molecule has 5 heteroatoms. The van der Waals surface area contributed by atoms with Crippen molar-refractivity contribution in [2.45, 2.75) is 31.7 Å². The van der Waals surface area contributed by atoms with Crippen molar-refractivity contribution in [1.29, 1.82) is 0 Å². The van der Waals surface area contributed by atoms with Crippen LogP contribution in [-0.2, 0) is 0 Å². The molecular weight excluding hydrogens is 264 g/mol. The molecule has 1 aliphatic heterocycles. The maximum absolute atomic E-state index is 12.2. The van der Waals surface area contributed by atoms with Gasteiger partial charge in [-0.15, -0.1) is 0 Å². The number of carbonyl (C=O) groups excluding carboxylic acids is 1. The highest BCUT2D eigenvalue weighted by Crippen LogP contribution is 2.24. The van der Waals surface area contributed by atoms with Gasteiger partial charge < -0.3 is 9.32 Å². The molecular formula is C14H19ClN2O2. The van der Waals surface area contributed by atoms with Crippen LogP contribution in [0.15, 0.2) is 16.5 Å². The Bertz CT molecular complexity index is 446. The fourth-order valence-electron chi connectivity index (χ4n) is 3.14. The van der Waals surface area contributed by atoms with Gasteiger partial charge in [0.15, 0.2) is 11.0 Å². The largest absolute Gasteiger partial charge is 0.440 e. The summed E-state index contributed by atoms with van der Waals surface area (Å²) in [5.41, 5.74) is 0. The number of furan rings is 1. The third kappa shape index (κ3) is 2.79. The second kappa shape index (κ2) is 5.55. The minimum atomic E-state index is -0.0435. The summed E-state index contributed by atoms with van der Waals surface area (Å²) in [6, 6.07) is 4.01. The average molecular weight is 283 g/mol. The van der Waals surface area contributed by atoms with Crippen LogP contribution in [0.5, 0.6) is 0 Å². The van der Waals surface area contributed by atoms with Crippen molar-refractivity contribution >= 4 is 17.5 Å². The van der Waals surface area contributed by atoms with Gasteiger partial charge in [-0.05, 0) is 36.6 Å². The van der Waals surface area contributed by atoms with Crippen LogP contribution in [0.3, 0.4) is 0 Å². The molecule has 1 aliphatic carbocycles. The van der Waals surface area contributed by atoms with Crippen LogP contribution in [0.25, 0.3) is 0 Å². The van der Waals surface area contributed by atoms with Gasteiger partial charge in [0.25, 0.3) is 5.91 Å². The van der Waals surface area contributed by atoms with Gasteiger partial charge >= 0.3 is 0 Å². The number of amides is 1. The Hall–Kier alpha value is -1.00. The topological polar surface area (TPSA) is 36.7 Å². The first kappa shape index (κ1) is 13.0. The van der Waals surface area contributed by atoms with Gasteiger partial charge in [0.2, 0.25) is 0 Å². The summed E-state index contributed by atoms with van der Waals surface area (Å²) in [4.78, 5) is 16.6. The number of carbonyl (C=O) groups is 1.